The molecule has 0 amide bonds. The predicted octanol–water partition coefficient (Wildman–Crippen LogP) is 2.97. The van der Waals surface area contributed by atoms with Crippen LogP contribution < -0.4 is 10.3 Å². The third-order valence-electron chi connectivity index (χ3n) is 4.10. The lowest BCUT2D eigenvalue weighted by atomic mass is 10.2. The van der Waals surface area contributed by atoms with Crippen molar-refractivity contribution in [1.29, 1.82) is 0 Å². The highest BCUT2D eigenvalue weighted by molar-refractivity contribution is 5.45. The van der Waals surface area contributed by atoms with Crippen molar-refractivity contribution in [3.05, 3.63) is 67.9 Å². The van der Waals surface area contributed by atoms with Gasteiger partial charge >= 0.3 is 23.4 Å². The number of aromatic nitrogens is 3. The summed E-state index contributed by atoms with van der Waals surface area (Å²) in [5, 5.41) is 10.9. The van der Waals surface area contributed by atoms with Gasteiger partial charge in [-0.15, -0.1) is 13.2 Å². The first-order valence-electron chi connectivity index (χ1n) is 7.65. The van der Waals surface area contributed by atoms with Gasteiger partial charge < -0.3 is 19.4 Å². The van der Waals surface area contributed by atoms with Crippen LogP contribution in [0, 0.1) is 24.0 Å². The van der Waals surface area contributed by atoms with Crippen molar-refractivity contribution < 1.29 is 22.8 Å². The minimum Gasteiger partial charge on any atom is -0.406 e. The van der Waals surface area contributed by atoms with Crippen LogP contribution in [0.2, 0.25) is 0 Å². The quantitative estimate of drug-likeness (QED) is 0.511. The predicted molar refractivity (Wildman–Crippen MR) is 87.8 cm³/mol. The monoisotopic (exact) mass is 382 g/mol. The highest BCUT2D eigenvalue weighted by Crippen LogP contribution is 2.23. The first-order chi connectivity index (χ1) is 12.6. The molecule has 27 heavy (non-hydrogen) atoms. The summed E-state index contributed by atoms with van der Waals surface area (Å²) in [6.45, 7) is 3.42. The maximum atomic E-state index is 12.7. The number of benzene rings is 1. The molecule has 0 aliphatic carbocycles. The Morgan fingerprint density at radius 2 is 1.81 bits per heavy atom. The molecule has 0 spiro atoms. The van der Waals surface area contributed by atoms with Crippen molar-refractivity contribution in [2.24, 2.45) is 0 Å². The summed E-state index contributed by atoms with van der Waals surface area (Å²) in [5.74, 6) is -0.813. The van der Waals surface area contributed by atoms with Crippen molar-refractivity contribution >= 4 is 11.5 Å². The highest BCUT2D eigenvalue weighted by atomic mass is 19.4. The second-order valence-corrected chi connectivity index (χ2v) is 5.80. The van der Waals surface area contributed by atoms with E-state index < -0.39 is 22.7 Å². The summed E-state index contributed by atoms with van der Waals surface area (Å²) >= 11 is 0. The van der Waals surface area contributed by atoms with Crippen LogP contribution >= 0.6 is 0 Å². The number of hydrogen-bond donors (Lipinski definition) is 0. The van der Waals surface area contributed by atoms with Gasteiger partial charge in [0.2, 0.25) is 0 Å². The van der Waals surface area contributed by atoms with Gasteiger partial charge in [0.25, 0.3) is 0 Å². The topological polar surface area (TPSA) is 91.7 Å². The summed E-state index contributed by atoms with van der Waals surface area (Å²) in [6, 6.07) is 5.10. The van der Waals surface area contributed by atoms with E-state index >= 15 is 0 Å². The van der Waals surface area contributed by atoms with Gasteiger partial charge in [-0.05, 0) is 41.5 Å². The lowest BCUT2D eigenvalue weighted by molar-refractivity contribution is -0.389. The molecule has 0 radical (unpaired) electrons. The first kappa shape index (κ1) is 18.4. The standard InChI is InChI=1S/C16H13F3N4O4/c1-9-10(2)22(15(24)14-20-13(23(25)26)8-21(9)14)7-11-3-5-12(6-4-11)27-16(17,18)19/h3-6,8H,7H2,1-2H3. The molecular formula is C16H13F3N4O4. The average molecular weight is 382 g/mol. The van der Waals surface area contributed by atoms with Gasteiger partial charge in [-0.3, -0.25) is 9.20 Å². The maximum Gasteiger partial charge on any atom is 0.573 e. The summed E-state index contributed by atoms with van der Waals surface area (Å²) in [4.78, 5) is 26.7. The zero-order valence-electron chi connectivity index (χ0n) is 14.1. The third-order valence-corrected chi connectivity index (χ3v) is 4.10. The number of rotatable bonds is 4. The van der Waals surface area contributed by atoms with E-state index in [0.717, 1.165) is 12.1 Å². The Hall–Kier alpha value is -3.37. The van der Waals surface area contributed by atoms with Gasteiger partial charge in [0, 0.05) is 11.4 Å². The Morgan fingerprint density at radius 3 is 2.37 bits per heavy atom. The SMILES string of the molecule is Cc1c(C)n2cc([N+](=O)[O-])nc2c(=O)n1Cc1ccc(OC(F)(F)F)cc1. The lowest BCUT2D eigenvalue weighted by Crippen LogP contribution is -2.26. The number of alkyl halides is 3. The molecule has 2 aromatic heterocycles. The Balaban J connectivity index is 2.00. The molecule has 0 saturated heterocycles. The number of ether oxygens (including phenoxy) is 1. The molecule has 0 aliphatic heterocycles. The number of imidazole rings is 1. The summed E-state index contributed by atoms with van der Waals surface area (Å²) in [7, 11) is 0. The minimum absolute atomic E-state index is 0.0644. The smallest absolute Gasteiger partial charge is 0.406 e. The number of halogens is 3. The molecule has 3 aromatic rings. The van der Waals surface area contributed by atoms with Crippen LogP contribution in [0.1, 0.15) is 17.0 Å². The fourth-order valence-electron chi connectivity index (χ4n) is 2.67. The van der Waals surface area contributed by atoms with Crippen molar-refractivity contribution in [3.63, 3.8) is 0 Å². The van der Waals surface area contributed by atoms with Crippen LogP contribution in [-0.2, 0) is 6.54 Å². The van der Waals surface area contributed by atoms with E-state index in [9.17, 15) is 28.1 Å². The van der Waals surface area contributed by atoms with Gasteiger partial charge in [0.15, 0.2) is 0 Å². The molecule has 0 fully saturated rings. The number of nitro groups is 1. The van der Waals surface area contributed by atoms with Crippen LogP contribution in [-0.4, -0.2) is 25.2 Å². The van der Waals surface area contributed by atoms with E-state index in [1.807, 2.05) is 0 Å². The summed E-state index contributed by atoms with van der Waals surface area (Å²) in [6.07, 6.45) is -3.61. The second-order valence-electron chi connectivity index (χ2n) is 5.80. The average Bonchev–Trinajstić information content (AvgIpc) is 3.03. The Bertz CT molecular complexity index is 1080. The molecule has 142 valence electrons. The molecule has 1 aromatic carbocycles. The molecule has 0 unspecified atom stereocenters. The van der Waals surface area contributed by atoms with E-state index in [-0.39, 0.29) is 17.9 Å². The van der Waals surface area contributed by atoms with Gasteiger partial charge in [-0.2, -0.15) is 0 Å². The molecule has 0 aliphatic rings. The van der Waals surface area contributed by atoms with Crippen molar-refractivity contribution in [2.45, 2.75) is 26.8 Å². The van der Waals surface area contributed by atoms with Gasteiger partial charge in [-0.1, -0.05) is 12.1 Å². The Kier molecular flexibility index (Phi) is 4.38. The van der Waals surface area contributed by atoms with E-state index in [1.165, 1.54) is 27.3 Å². The van der Waals surface area contributed by atoms with Crippen LogP contribution in [0.15, 0.2) is 35.3 Å². The normalized spacial score (nSPS) is 11.7. The molecule has 2 heterocycles. The molecule has 11 heteroatoms. The molecule has 0 bridgehead atoms. The van der Waals surface area contributed by atoms with E-state index in [2.05, 4.69) is 9.72 Å². The number of fused-ring (bicyclic) bond motifs is 1. The highest BCUT2D eigenvalue weighted by Gasteiger charge is 2.31. The number of aryl methyl sites for hydroxylation is 1. The number of nitrogens with zero attached hydrogens (tertiary/aromatic N) is 4. The van der Waals surface area contributed by atoms with Crippen LogP contribution in [0.25, 0.3) is 5.65 Å². The Labute approximate surface area is 149 Å². The second kappa shape index (κ2) is 6.41. The van der Waals surface area contributed by atoms with Crippen molar-refractivity contribution in [1.82, 2.24) is 14.0 Å². The third kappa shape index (κ3) is 3.61. The molecule has 0 N–H and O–H groups in total. The molecular weight excluding hydrogens is 369 g/mol. The van der Waals surface area contributed by atoms with Crippen LogP contribution in [0.4, 0.5) is 19.0 Å². The zero-order valence-corrected chi connectivity index (χ0v) is 14.1. The van der Waals surface area contributed by atoms with E-state index in [0.29, 0.717) is 17.0 Å². The van der Waals surface area contributed by atoms with E-state index in [1.54, 1.807) is 13.8 Å². The van der Waals surface area contributed by atoms with Gasteiger partial charge in [0.1, 0.15) is 11.9 Å². The Morgan fingerprint density at radius 1 is 1.19 bits per heavy atom. The minimum atomic E-state index is -4.79. The molecule has 8 nitrogen and oxygen atoms in total. The largest absolute Gasteiger partial charge is 0.573 e. The first-order valence-corrected chi connectivity index (χ1v) is 7.65. The molecule has 3 rings (SSSR count). The fourth-order valence-corrected chi connectivity index (χ4v) is 2.67. The van der Waals surface area contributed by atoms with Crippen molar-refractivity contribution in [3.8, 4) is 5.75 Å². The van der Waals surface area contributed by atoms with Crippen LogP contribution in [0.5, 0.6) is 5.75 Å². The fraction of sp³-hybridized carbons (Fsp3) is 0.250. The molecule has 0 atom stereocenters. The van der Waals surface area contributed by atoms with Gasteiger partial charge in [-0.25, -0.2) is 0 Å². The zero-order chi connectivity index (χ0) is 19.9. The number of hydrogen-bond acceptors (Lipinski definition) is 5. The maximum absolute atomic E-state index is 12.7. The van der Waals surface area contributed by atoms with E-state index in [4.69, 9.17) is 0 Å². The lowest BCUT2D eigenvalue weighted by Gasteiger charge is -2.13. The van der Waals surface area contributed by atoms with Crippen LogP contribution in [0.3, 0.4) is 0 Å². The molecule has 0 saturated carbocycles. The summed E-state index contributed by atoms with van der Waals surface area (Å²) in [5.41, 5.74) is 1.06. The van der Waals surface area contributed by atoms with Gasteiger partial charge in [0.05, 0.1) is 6.54 Å². The van der Waals surface area contributed by atoms with Crippen molar-refractivity contribution in [2.75, 3.05) is 0 Å². The summed E-state index contributed by atoms with van der Waals surface area (Å²) < 4.78 is 43.2.